The molecule has 1 aromatic rings. The number of carboxylic acid groups (broad SMARTS) is 1. The van der Waals surface area contributed by atoms with Gasteiger partial charge in [0.1, 0.15) is 11.8 Å². The van der Waals surface area contributed by atoms with Crippen molar-refractivity contribution in [2.24, 2.45) is 0 Å². The van der Waals surface area contributed by atoms with Gasteiger partial charge < -0.3 is 9.84 Å². The fourth-order valence-electron chi connectivity index (χ4n) is 2.04. The molecule has 0 radical (unpaired) electrons. The lowest BCUT2D eigenvalue weighted by molar-refractivity contribution is 0.0697. The van der Waals surface area contributed by atoms with E-state index in [1.54, 1.807) is 6.07 Å². The predicted molar refractivity (Wildman–Crippen MR) is 61.0 cm³/mol. The molecule has 0 atom stereocenters. The number of ether oxygens (including phenoxy) is 1. The molecule has 4 heteroatoms. The molecule has 4 nitrogen and oxygen atoms in total. The van der Waals surface area contributed by atoms with Gasteiger partial charge in [0.15, 0.2) is 0 Å². The zero-order valence-electron chi connectivity index (χ0n) is 9.35. The Bertz CT molecular complexity index is 470. The largest absolute Gasteiger partial charge is 0.489 e. The minimum Gasteiger partial charge on any atom is -0.489 e. The van der Waals surface area contributed by atoms with Gasteiger partial charge in [-0.05, 0) is 43.9 Å². The molecule has 0 aromatic heterocycles. The maximum absolute atomic E-state index is 10.8. The summed E-state index contributed by atoms with van der Waals surface area (Å²) in [6.45, 7) is 0. The third-order valence-corrected chi connectivity index (χ3v) is 2.94. The highest BCUT2D eigenvalue weighted by molar-refractivity contribution is 5.88. The van der Waals surface area contributed by atoms with Crippen LogP contribution in [0.5, 0.6) is 5.75 Å². The van der Waals surface area contributed by atoms with Gasteiger partial charge in [-0.2, -0.15) is 5.26 Å². The predicted octanol–water partition coefficient (Wildman–Crippen LogP) is 2.58. The third kappa shape index (κ3) is 2.56. The fourth-order valence-corrected chi connectivity index (χ4v) is 2.04. The fraction of sp³-hybridized carbons (Fsp3) is 0.385. The van der Waals surface area contributed by atoms with E-state index in [9.17, 15) is 4.79 Å². The highest BCUT2D eigenvalue weighted by atomic mass is 16.5. The molecule has 1 aromatic carbocycles. The minimum atomic E-state index is -1.03. The van der Waals surface area contributed by atoms with Gasteiger partial charge in [0.2, 0.25) is 0 Å². The van der Waals surface area contributed by atoms with Crippen LogP contribution in [0.2, 0.25) is 0 Å². The summed E-state index contributed by atoms with van der Waals surface area (Å²) in [4.78, 5) is 10.8. The van der Waals surface area contributed by atoms with Gasteiger partial charge in [0.05, 0.1) is 17.2 Å². The van der Waals surface area contributed by atoms with Crippen LogP contribution in [0, 0.1) is 11.3 Å². The van der Waals surface area contributed by atoms with E-state index in [1.807, 2.05) is 6.07 Å². The molecule has 0 heterocycles. The van der Waals surface area contributed by atoms with E-state index in [1.165, 1.54) is 12.1 Å². The topological polar surface area (TPSA) is 70.3 Å². The first kappa shape index (κ1) is 11.5. The number of hydrogen-bond acceptors (Lipinski definition) is 3. The van der Waals surface area contributed by atoms with E-state index in [-0.39, 0.29) is 17.2 Å². The van der Waals surface area contributed by atoms with Crippen LogP contribution in [-0.4, -0.2) is 17.2 Å². The molecule has 1 saturated carbocycles. The first-order chi connectivity index (χ1) is 8.20. The smallest absolute Gasteiger partial charge is 0.335 e. The zero-order chi connectivity index (χ0) is 12.3. The average molecular weight is 231 g/mol. The zero-order valence-corrected chi connectivity index (χ0v) is 9.35. The van der Waals surface area contributed by atoms with E-state index >= 15 is 0 Å². The first-order valence-corrected chi connectivity index (χ1v) is 5.65. The van der Waals surface area contributed by atoms with E-state index < -0.39 is 5.97 Å². The molecule has 2 rings (SSSR count). The van der Waals surface area contributed by atoms with Crippen molar-refractivity contribution < 1.29 is 14.6 Å². The Labute approximate surface area is 99.4 Å². The van der Waals surface area contributed by atoms with Crippen LogP contribution < -0.4 is 4.74 Å². The normalized spacial score (nSPS) is 15.5. The lowest BCUT2D eigenvalue weighted by Crippen LogP contribution is -2.12. The van der Waals surface area contributed by atoms with Crippen molar-refractivity contribution in [1.29, 1.82) is 5.26 Å². The molecule has 1 N–H and O–H groups in total. The van der Waals surface area contributed by atoms with E-state index in [4.69, 9.17) is 15.1 Å². The molecule has 88 valence electrons. The average Bonchev–Trinajstić information content (AvgIpc) is 2.82. The van der Waals surface area contributed by atoms with Gasteiger partial charge in [-0.25, -0.2) is 4.79 Å². The molecule has 0 bridgehead atoms. The number of benzene rings is 1. The molecule has 0 spiro atoms. The number of carboxylic acids is 1. The van der Waals surface area contributed by atoms with Gasteiger partial charge in [-0.15, -0.1) is 0 Å². The van der Waals surface area contributed by atoms with Gasteiger partial charge in [-0.3, -0.25) is 0 Å². The Hall–Kier alpha value is -2.02. The number of nitrogens with zero attached hydrogens (tertiary/aromatic N) is 1. The Kier molecular flexibility index (Phi) is 3.29. The lowest BCUT2D eigenvalue weighted by Gasteiger charge is -2.14. The van der Waals surface area contributed by atoms with Gasteiger partial charge in [0.25, 0.3) is 0 Å². The summed E-state index contributed by atoms with van der Waals surface area (Å²) in [5.74, 6) is -0.543. The molecule has 1 aliphatic carbocycles. The summed E-state index contributed by atoms with van der Waals surface area (Å²) in [7, 11) is 0. The van der Waals surface area contributed by atoms with Crippen LogP contribution in [0.1, 0.15) is 41.6 Å². The van der Waals surface area contributed by atoms with Crippen molar-refractivity contribution in [2.75, 3.05) is 0 Å². The van der Waals surface area contributed by atoms with E-state index in [2.05, 4.69) is 0 Å². The summed E-state index contributed by atoms with van der Waals surface area (Å²) in [6, 6.07) is 6.37. The number of carbonyl (C=O) groups is 1. The van der Waals surface area contributed by atoms with Crippen LogP contribution in [0.25, 0.3) is 0 Å². The third-order valence-electron chi connectivity index (χ3n) is 2.94. The van der Waals surface area contributed by atoms with E-state index in [0.717, 1.165) is 25.7 Å². The van der Waals surface area contributed by atoms with Crippen molar-refractivity contribution in [3.05, 3.63) is 29.3 Å². The maximum Gasteiger partial charge on any atom is 0.335 e. The number of hydrogen-bond donors (Lipinski definition) is 1. The van der Waals surface area contributed by atoms with Crippen LogP contribution in [0.3, 0.4) is 0 Å². The summed E-state index contributed by atoms with van der Waals surface area (Å²) in [5, 5.41) is 17.8. The van der Waals surface area contributed by atoms with Crippen molar-refractivity contribution in [1.82, 2.24) is 0 Å². The van der Waals surface area contributed by atoms with Gasteiger partial charge in [-0.1, -0.05) is 0 Å². The molecule has 0 unspecified atom stereocenters. The molecule has 0 aliphatic heterocycles. The summed E-state index contributed by atoms with van der Waals surface area (Å²) >= 11 is 0. The number of aromatic carboxylic acids is 1. The number of nitriles is 1. The highest BCUT2D eigenvalue weighted by Crippen LogP contribution is 2.27. The summed E-state index contributed by atoms with van der Waals surface area (Å²) < 4.78 is 5.72. The highest BCUT2D eigenvalue weighted by Gasteiger charge is 2.18. The van der Waals surface area contributed by atoms with Gasteiger partial charge in [0, 0.05) is 0 Å². The molecule has 0 amide bonds. The monoisotopic (exact) mass is 231 g/mol. The molecule has 0 saturated heterocycles. The standard InChI is InChI=1S/C13H13NO3/c14-8-10-7-9(13(15)16)5-6-12(10)17-11-3-1-2-4-11/h5-7,11H,1-4H2,(H,15,16). The maximum atomic E-state index is 10.8. The number of rotatable bonds is 3. The van der Waals surface area contributed by atoms with E-state index in [0.29, 0.717) is 5.75 Å². The minimum absolute atomic E-state index is 0.111. The molecular formula is C13H13NO3. The second-order valence-electron chi connectivity index (χ2n) is 4.15. The molecule has 1 fully saturated rings. The lowest BCUT2D eigenvalue weighted by atomic mass is 10.1. The van der Waals surface area contributed by atoms with Crippen molar-refractivity contribution in [3.8, 4) is 11.8 Å². The Morgan fingerprint density at radius 1 is 1.41 bits per heavy atom. The summed E-state index contributed by atoms with van der Waals surface area (Å²) in [5.41, 5.74) is 0.400. The van der Waals surface area contributed by atoms with Crippen LogP contribution >= 0.6 is 0 Å². The van der Waals surface area contributed by atoms with Gasteiger partial charge >= 0.3 is 5.97 Å². The van der Waals surface area contributed by atoms with Crippen molar-refractivity contribution in [2.45, 2.75) is 31.8 Å². The van der Waals surface area contributed by atoms with Crippen molar-refractivity contribution >= 4 is 5.97 Å². The second-order valence-corrected chi connectivity index (χ2v) is 4.15. The molecular weight excluding hydrogens is 218 g/mol. The Balaban J connectivity index is 2.22. The second kappa shape index (κ2) is 4.88. The first-order valence-electron chi connectivity index (χ1n) is 5.65. The van der Waals surface area contributed by atoms with Crippen LogP contribution in [-0.2, 0) is 0 Å². The Morgan fingerprint density at radius 2 is 2.12 bits per heavy atom. The quantitative estimate of drug-likeness (QED) is 0.867. The molecule has 17 heavy (non-hydrogen) atoms. The van der Waals surface area contributed by atoms with Crippen LogP contribution in [0.15, 0.2) is 18.2 Å². The van der Waals surface area contributed by atoms with Crippen LogP contribution in [0.4, 0.5) is 0 Å². The summed E-state index contributed by atoms with van der Waals surface area (Å²) in [6.07, 6.45) is 4.48. The SMILES string of the molecule is N#Cc1cc(C(=O)O)ccc1OC1CCCC1. The molecule has 1 aliphatic rings. The Morgan fingerprint density at radius 3 is 2.71 bits per heavy atom. The van der Waals surface area contributed by atoms with Crippen molar-refractivity contribution in [3.63, 3.8) is 0 Å².